The van der Waals surface area contributed by atoms with Crippen molar-refractivity contribution in [2.75, 3.05) is 6.54 Å². The molecule has 1 heterocycles. The number of aromatic amines is 1. The fraction of sp³-hybridized carbons (Fsp3) is 0.250. The van der Waals surface area contributed by atoms with Gasteiger partial charge in [0.1, 0.15) is 5.82 Å². The van der Waals surface area contributed by atoms with Crippen LogP contribution < -0.4 is 5.32 Å². The Hall–Kier alpha value is -3.58. The zero-order valence-electron chi connectivity index (χ0n) is 18.1. The Morgan fingerprint density at radius 1 is 0.938 bits per heavy atom. The molecule has 1 aromatic heterocycles. The molecule has 3 nitrogen and oxygen atoms in total. The number of hydrogen-bond donors (Lipinski definition) is 2. The first kappa shape index (κ1) is 21.6. The average Bonchev–Trinajstić information content (AvgIpc) is 3.17. The lowest BCUT2D eigenvalue weighted by atomic mass is 9.99. The molecule has 1 amide bonds. The first-order chi connectivity index (χ1) is 15.7. The van der Waals surface area contributed by atoms with Gasteiger partial charge in [0, 0.05) is 35.0 Å². The molecule has 0 spiro atoms. The first-order valence-electron chi connectivity index (χ1n) is 11.2. The monoisotopic (exact) mass is 426 g/mol. The van der Waals surface area contributed by atoms with Gasteiger partial charge < -0.3 is 10.3 Å². The Bertz CT molecular complexity index is 1260. The molecular weight excluding hydrogens is 399 g/mol. The Kier molecular flexibility index (Phi) is 6.87. The van der Waals surface area contributed by atoms with Crippen molar-refractivity contribution in [2.45, 2.75) is 38.5 Å². The van der Waals surface area contributed by atoms with Gasteiger partial charge in [0.15, 0.2) is 0 Å². The predicted molar refractivity (Wildman–Crippen MR) is 129 cm³/mol. The van der Waals surface area contributed by atoms with Gasteiger partial charge in [-0.3, -0.25) is 4.79 Å². The number of halogens is 1. The summed E-state index contributed by atoms with van der Waals surface area (Å²) in [6.07, 6.45) is 10.9. The molecule has 0 atom stereocenters. The molecule has 0 aliphatic carbocycles. The maximum atomic E-state index is 13.0. The number of aryl methyl sites for hydroxylation is 2. The minimum Gasteiger partial charge on any atom is -0.358 e. The second kappa shape index (κ2) is 10.2. The number of terminal acetylenes is 1. The van der Waals surface area contributed by atoms with Crippen LogP contribution in [0.1, 0.15) is 47.3 Å². The van der Waals surface area contributed by atoms with E-state index in [1.165, 1.54) is 57.2 Å². The molecule has 0 saturated heterocycles. The van der Waals surface area contributed by atoms with Gasteiger partial charge in [-0.1, -0.05) is 36.4 Å². The molecular formula is C28H27FN2O. The van der Waals surface area contributed by atoms with E-state index in [2.05, 4.69) is 52.6 Å². The molecule has 0 aliphatic rings. The molecule has 0 aliphatic heterocycles. The number of hydrogen-bond acceptors (Lipinski definition) is 1. The van der Waals surface area contributed by atoms with Crippen LogP contribution >= 0.6 is 0 Å². The molecule has 0 fully saturated rings. The lowest BCUT2D eigenvalue weighted by Crippen LogP contribution is -2.24. The SMILES string of the molecule is C#CCCCc1c(CCCCNC(=O)c2ccc(F)cc2)[nH]c2c1ccc1ccccc12. The standard InChI is InChI=1S/C28H27FN2O/c1-2-3-4-11-24-25-18-15-20-9-5-6-10-23(20)27(25)31-26(24)12-7-8-19-30-28(32)21-13-16-22(29)17-14-21/h1,5-6,9-10,13-18,31H,3-4,7-8,11-12,19H2,(H,30,32). The lowest BCUT2D eigenvalue weighted by molar-refractivity contribution is 0.0953. The van der Waals surface area contributed by atoms with Crippen molar-refractivity contribution in [3.05, 3.63) is 83.3 Å². The van der Waals surface area contributed by atoms with Crippen LogP contribution in [-0.2, 0) is 12.8 Å². The van der Waals surface area contributed by atoms with Crippen molar-refractivity contribution in [2.24, 2.45) is 0 Å². The van der Waals surface area contributed by atoms with Gasteiger partial charge in [0.25, 0.3) is 5.91 Å². The Morgan fingerprint density at radius 2 is 1.75 bits per heavy atom. The van der Waals surface area contributed by atoms with E-state index >= 15 is 0 Å². The fourth-order valence-corrected chi connectivity index (χ4v) is 4.24. The molecule has 4 heteroatoms. The molecule has 32 heavy (non-hydrogen) atoms. The van der Waals surface area contributed by atoms with Crippen molar-refractivity contribution in [1.29, 1.82) is 0 Å². The highest BCUT2D eigenvalue weighted by molar-refractivity contribution is 6.07. The fourth-order valence-electron chi connectivity index (χ4n) is 4.24. The summed E-state index contributed by atoms with van der Waals surface area (Å²) in [6.45, 7) is 0.589. The molecule has 0 saturated carbocycles. The number of H-pyrrole nitrogens is 1. The molecule has 2 N–H and O–H groups in total. The van der Waals surface area contributed by atoms with Gasteiger partial charge >= 0.3 is 0 Å². The van der Waals surface area contributed by atoms with Gasteiger partial charge in [-0.2, -0.15) is 0 Å². The van der Waals surface area contributed by atoms with Crippen LogP contribution in [0.5, 0.6) is 0 Å². The van der Waals surface area contributed by atoms with Gasteiger partial charge in [-0.25, -0.2) is 4.39 Å². The summed E-state index contributed by atoms with van der Waals surface area (Å²) >= 11 is 0. The van der Waals surface area contributed by atoms with Crippen molar-refractivity contribution in [3.63, 3.8) is 0 Å². The topological polar surface area (TPSA) is 44.9 Å². The molecule has 162 valence electrons. The quantitative estimate of drug-likeness (QED) is 0.244. The maximum Gasteiger partial charge on any atom is 0.251 e. The minimum atomic E-state index is -0.342. The normalized spacial score (nSPS) is 11.0. The summed E-state index contributed by atoms with van der Waals surface area (Å²) in [7, 11) is 0. The Morgan fingerprint density at radius 3 is 2.56 bits per heavy atom. The molecule has 0 bridgehead atoms. The molecule has 4 rings (SSSR count). The number of aromatic nitrogens is 1. The van der Waals surface area contributed by atoms with Crippen LogP contribution in [0.25, 0.3) is 21.7 Å². The van der Waals surface area contributed by atoms with Crippen LogP contribution in [0.2, 0.25) is 0 Å². The van der Waals surface area contributed by atoms with Crippen molar-refractivity contribution >= 4 is 27.6 Å². The lowest BCUT2D eigenvalue weighted by Gasteiger charge is -2.07. The van der Waals surface area contributed by atoms with Crippen LogP contribution in [0.3, 0.4) is 0 Å². The van der Waals surface area contributed by atoms with Crippen LogP contribution in [0.15, 0.2) is 60.7 Å². The van der Waals surface area contributed by atoms with Gasteiger partial charge in [-0.15, -0.1) is 12.3 Å². The highest BCUT2D eigenvalue weighted by atomic mass is 19.1. The maximum absolute atomic E-state index is 13.0. The van der Waals surface area contributed by atoms with E-state index in [0.717, 1.165) is 38.5 Å². The smallest absolute Gasteiger partial charge is 0.251 e. The number of unbranched alkanes of at least 4 members (excludes halogenated alkanes) is 2. The summed E-state index contributed by atoms with van der Waals surface area (Å²) in [4.78, 5) is 15.9. The van der Waals surface area contributed by atoms with Gasteiger partial charge in [0.2, 0.25) is 0 Å². The third kappa shape index (κ3) is 4.84. The number of amides is 1. The first-order valence-corrected chi connectivity index (χ1v) is 11.2. The second-order valence-corrected chi connectivity index (χ2v) is 8.07. The molecule has 3 aromatic carbocycles. The molecule has 0 unspecified atom stereocenters. The molecule has 0 radical (unpaired) electrons. The number of nitrogens with one attached hydrogen (secondary N) is 2. The highest BCUT2D eigenvalue weighted by Gasteiger charge is 2.13. The summed E-state index contributed by atoms with van der Waals surface area (Å²) in [5, 5.41) is 6.66. The second-order valence-electron chi connectivity index (χ2n) is 8.07. The minimum absolute atomic E-state index is 0.169. The van der Waals surface area contributed by atoms with Crippen molar-refractivity contribution in [1.82, 2.24) is 10.3 Å². The third-order valence-electron chi connectivity index (χ3n) is 5.89. The van der Waals surface area contributed by atoms with E-state index in [-0.39, 0.29) is 11.7 Å². The van der Waals surface area contributed by atoms with Gasteiger partial charge in [0.05, 0.1) is 5.52 Å². The number of rotatable bonds is 9. The van der Waals surface area contributed by atoms with E-state index in [1.54, 1.807) is 0 Å². The van der Waals surface area contributed by atoms with Gasteiger partial charge in [-0.05, 0) is 67.3 Å². The van der Waals surface area contributed by atoms with E-state index in [4.69, 9.17) is 6.42 Å². The summed E-state index contributed by atoms with van der Waals surface area (Å²) < 4.78 is 13.0. The number of benzene rings is 3. The average molecular weight is 427 g/mol. The van der Waals surface area contributed by atoms with Crippen molar-refractivity contribution < 1.29 is 9.18 Å². The summed E-state index contributed by atoms with van der Waals surface area (Å²) in [5.41, 5.74) is 4.29. The largest absolute Gasteiger partial charge is 0.358 e. The Labute approximate surface area is 188 Å². The summed E-state index contributed by atoms with van der Waals surface area (Å²) in [6, 6.07) is 18.4. The van der Waals surface area contributed by atoms with Crippen molar-refractivity contribution in [3.8, 4) is 12.3 Å². The highest BCUT2D eigenvalue weighted by Crippen LogP contribution is 2.31. The van der Waals surface area contributed by atoms with E-state index in [0.29, 0.717) is 12.1 Å². The predicted octanol–water partition coefficient (Wildman–Crippen LogP) is 6.17. The van der Waals surface area contributed by atoms with Crippen LogP contribution in [0.4, 0.5) is 4.39 Å². The number of carbonyl (C=O) groups is 1. The van der Waals surface area contributed by atoms with Crippen LogP contribution in [-0.4, -0.2) is 17.4 Å². The zero-order chi connectivity index (χ0) is 22.3. The number of carbonyl (C=O) groups excluding carboxylic acids is 1. The number of fused-ring (bicyclic) bond motifs is 3. The Balaban J connectivity index is 1.42. The van der Waals surface area contributed by atoms with Crippen LogP contribution in [0, 0.1) is 18.2 Å². The third-order valence-corrected chi connectivity index (χ3v) is 5.89. The van der Waals surface area contributed by atoms with E-state index in [9.17, 15) is 9.18 Å². The molecule has 4 aromatic rings. The summed E-state index contributed by atoms with van der Waals surface area (Å²) in [5.74, 6) is 2.23. The zero-order valence-corrected chi connectivity index (χ0v) is 18.1. The van der Waals surface area contributed by atoms with E-state index in [1.807, 2.05) is 0 Å². The van der Waals surface area contributed by atoms with E-state index < -0.39 is 0 Å².